The average molecular weight is 366 g/mol. The molecule has 0 saturated carbocycles. The molecule has 0 amide bonds. The second-order valence-corrected chi connectivity index (χ2v) is 6.37. The summed E-state index contributed by atoms with van der Waals surface area (Å²) in [7, 11) is 0. The number of hydrogen-bond donors (Lipinski definition) is 1. The van der Waals surface area contributed by atoms with Crippen LogP contribution in [0.25, 0.3) is 11.4 Å². The molecule has 0 bridgehead atoms. The lowest BCUT2D eigenvalue weighted by molar-refractivity contribution is 0.865. The van der Waals surface area contributed by atoms with Crippen LogP contribution in [-0.4, -0.2) is 34.2 Å². The Morgan fingerprint density at radius 1 is 1.12 bits per heavy atom. The number of aromatic nitrogens is 3. The van der Waals surface area contributed by atoms with Gasteiger partial charge in [-0.3, -0.25) is 0 Å². The molecule has 3 aromatic rings. The number of aryl methyl sites for hydroxylation is 1. The number of nitrogens with one attached hydrogen (secondary N) is 1. The van der Waals surface area contributed by atoms with Crippen LogP contribution in [0.1, 0.15) is 25.0 Å². The molecule has 0 unspecified atom stereocenters. The molecule has 5 nitrogen and oxygen atoms in total. The standard InChI is InChI=1S/C20H23N5S/c1-4-24(5-2)17-12-10-16(11-13-17)14-21-25-19(22-23-20(25)26)18-9-7-6-8-15(18)3/h6-14H,4-5H2,1-3H3,(H,23,26). The Kier molecular flexibility index (Phi) is 5.63. The van der Waals surface area contributed by atoms with E-state index in [0.717, 1.165) is 29.8 Å². The molecule has 0 aliphatic heterocycles. The highest BCUT2D eigenvalue weighted by molar-refractivity contribution is 7.71. The van der Waals surface area contributed by atoms with E-state index in [1.807, 2.05) is 31.2 Å². The third kappa shape index (κ3) is 3.75. The first-order valence-corrected chi connectivity index (χ1v) is 9.17. The van der Waals surface area contributed by atoms with Crippen molar-refractivity contribution in [2.24, 2.45) is 5.10 Å². The van der Waals surface area contributed by atoms with Crippen LogP contribution in [0.15, 0.2) is 53.6 Å². The molecule has 26 heavy (non-hydrogen) atoms. The Balaban J connectivity index is 1.89. The second-order valence-electron chi connectivity index (χ2n) is 5.99. The van der Waals surface area contributed by atoms with Crippen molar-refractivity contribution >= 4 is 24.1 Å². The number of rotatable bonds is 6. The van der Waals surface area contributed by atoms with Crippen LogP contribution >= 0.6 is 12.2 Å². The molecular weight excluding hydrogens is 342 g/mol. The Morgan fingerprint density at radius 3 is 2.46 bits per heavy atom. The van der Waals surface area contributed by atoms with Crippen molar-refractivity contribution in [2.45, 2.75) is 20.8 Å². The highest BCUT2D eigenvalue weighted by Gasteiger charge is 2.10. The summed E-state index contributed by atoms with van der Waals surface area (Å²) in [6.07, 6.45) is 1.80. The van der Waals surface area contributed by atoms with Crippen LogP contribution in [0.3, 0.4) is 0 Å². The fraction of sp³-hybridized carbons (Fsp3) is 0.250. The Morgan fingerprint density at radius 2 is 1.81 bits per heavy atom. The van der Waals surface area contributed by atoms with Crippen molar-refractivity contribution in [3.8, 4) is 11.4 Å². The third-order valence-electron chi connectivity index (χ3n) is 4.38. The minimum atomic E-state index is 0.472. The fourth-order valence-electron chi connectivity index (χ4n) is 2.88. The maximum Gasteiger partial charge on any atom is 0.216 e. The van der Waals surface area contributed by atoms with E-state index in [4.69, 9.17) is 12.2 Å². The van der Waals surface area contributed by atoms with Crippen LogP contribution in [0.5, 0.6) is 0 Å². The summed E-state index contributed by atoms with van der Waals surface area (Å²) in [6, 6.07) is 16.4. The monoisotopic (exact) mass is 365 g/mol. The molecule has 0 aliphatic carbocycles. The first-order valence-electron chi connectivity index (χ1n) is 8.76. The van der Waals surface area contributed by atoms with Gasteiger partial charge in [-0.2, -0.15) is 14.9 Å². The summed E-state index contributed by atoms with van der Waals surface area (Å²) in [5.41, 5.74) is 4.36. The first-order chi connectivity index (χ1) is 12.6. The van der Waals surface area contributed by atoms with Crippen molar-refractivity contribution in [2.75, 3.05) is 18.0 Å². The van der Waals surface area contributed by atoms with Crippen LogP contribution in [0.4, 0.5) is 5.69 Å². The number of benzene rings is 2. The molecule has 1 heterocycles. The fourth-order valence-corrected chi connectivity index (χ4v) is 3.06. The predicted molar refractivity (Wildman–Crippen MR) is 111 cm³/mol. The molecule has 0 spiro atoms. The van der Waals surface area contributed by atoms with E-state index in [2.05, 4.69) is 58.3 Å². The van der Waals surface area contributed by atoms with Crippen molar-refractivity contribution in [3.05, 3.63) is 64.4 Å². The van der Waals surface area contributed by atoms with Crippen LogP contribution in [-0.2, 0) is 0 Å². The summed E-state index contributed by atoms with van der Waals surface area (Å²) in [5, 5.41) is 11.7. The van der Waals surface area contributed by atoms with Crippen LogP contribution in [0.2, 0.25) is 0 Å². The number of anilines is 1. The molecule has 134 valence electrons. The normalized spacial score (nSPS) is 11.2. The SMILES string of the molecule is CCN(CC)c1ccc(C=Nn2c(-c3ccccc3C)n[nH]c2=S)cc1. The molecule has 1 N–H and O–H groups in total. The van der Waals surface area contributed by atoms with Gasteiger partial charge < -0.3 is 4.90 Å². The second kappa shape index (κ2) is 8.10. The van der Waals surface area contributed by atoms with Gasteiger partial charge in [0, 0.05) is 24.3 Å². The lowest BCUT2D eigenvalue weighted by Gasteiger charge is -2.20. The van der Waals surface area contributed by atoms with Crippen LogP contribution in [0, 0.1) is 11.7 Å². The van der Waals surface area contributed by atoms with Crippen molar-refractivity contribution in [1.82, 2.24) is 14.9 Å². The van der Waals surface area contributed by atoms with E-state index in [1.165, 1.54) is 5.69 Å². The molecule has 0 aliphatic rings. The number of hydrogen-bond acceptors (Lipinski definition) is 4. The van der Waals surface area contributed by atoms with E-state index >= 15 is 0 Å². The molecule has 0 radical (unpaired) electrons. The molecular formula is C20H23N5S. The summed E-state index contributed by atoms with van der Waals surface area (Å²) in [5.74, 6) is 0.712. The van der Waals surface area contributed by atoms with Gasteiger partial charge in [-0.15, -0.1) is 0 Å². The molecule has 1 aromatic heterocycles. The summed E-state index contributed by atoms with van der Waals surface area (Å²) >= 11 is 5.34. The first kappa shape index (κ1) is 18.1. The number of aromatic amines is 1. The Labute approximate surface area is 159 Å². The minimum absolute atomic E-state index is 0.472. The largest absolute Gasteiger partial charge is 0.372 e. The van der Waals surface area contributed by atoms with Gasteiger partial charge >= 0.3 is 0 Å². The highest BCUT2D eigenvalue weighted by atomic mass is 32.1. The minimum Gasteiger partial charge on any atom is -0.372 e. The van der Waals surface area contributed by atoms with E-state index < -0.39 is 0 Å². The maximum atomic E-state index is 5.34. The maximum absolute atomic E-state index is 5.34. The zero-order valence-electron chi connectivity index (χ0n) is 15.3. The number of H-pyrrole nitrogens is 1. The molecule has 0 atom stereocenters. The van der Waals surface area contributed by atoms with Gasteiger partial charge in [-0.25, -0.2) is 5.10 Å². The van der Waals surface area contributed by atoms with Crippen molar-refractivity contribution < 1.29 is 0 Å². The van der Waals surface area contributed by atoms with Gasteiger partial charge in [0.1, 0.15) is 0 Å². The van der Waals surface area contributed by atoms with Gasteiger partial charge in [0.25, 0.3) is 0 Å². The number of nitrogens with zero attached hydrogens (tertiary/aromatic N) is 4. The summed E-state index contributed by atoms with van der Waals surface area (Å²) < 4.78 is 2.13. The Bertz CT molecular complexity index is 949. The summed E-state index contributed by atoms with van der Waals surface area (Å²) in [4.78, 5) is 2.31. The van der Waals surface area contributed by atoms with Gasteiger partial charge in [0.15, 0.2) is 5.82 Å². The predicted octanol–water partition coefficient (Wildman–Crippen LogP) is 4.64. The topological polar surface area (TPSA) is 49.2 Å². The average Bonchev–Trinajstić information content (AvgIpc) is 3.03. The smallest absolute Gasteiger partial charge is 0.216 e. The van der Waals surface area contributed by atoms with Gasteiger partial charge in [0.2, 0.25) is 4.77 Å². The van der Waals surface area contributed by atoms with Gasteiger partial charge in [0.05, 0.1) is 6.21 Å². The van der Waals surface area contributed by atoms with E-state index in [0.29, 0.717) is 10.6 Å². The van der Waals surface area contributed by atoms with Crippen LogP contribution < -0.4 is 4.90 Å². The molecule has 3 rings (SSSR count). The Hall–Kier alpha value is -2.73. The lowest BCUT2D eigenvalue weighted by Crippen LogP contribution is -2.21. The molecule has 0 saturated heterocycles. The quantitative estimate of drug-likeness (QED) is 0.511. The zero-order chi connectivity index (χ0) is 18.5. The van der Waals surface area contributed by atoms with Crippen molar-refractivity contribution in [3.63, 3.8) is 0 Å². The highest BCUT2D eigenvalue weighted by Crippen LogP contribution is 2.21. The zero-order valence-corrected chi connectivity index (χ0v) is 16.1. The van der Waals surface area contributed by atoms with E-state index in [1.54, 1.807) is 10.9 Å². The van der Waals surface area contributed by atoms with Crippen molar-refractivity contribution in [1.29, 1.82) is 0 Å². The molecule has 2 aromatic carbocycles. The van der Waals surface area contributed by atoms with Gasteiger partial charge in [-0.05, 0) is 56.2 Å². The molecule has 0 fully saturated rings. The molecule has 6 heteroatoms. The van der Waals surface area contributed by atoms with E-state index in [-0.39, 0.29) is 0 Å². The summed E-state index contributed by atoms with van der Waals surface area (Å²) in [6.45, 7) is 8.36. The van der Waals surface area contributed by atoms with E-state index in [9.17, 15) is 0 Å². The lowest BCUT2D eigenvalue weighted by atomic mass is 10.1. The third-order valence-corrected chi connectivity index (χ3v) is 4.64. The van der Waals surface area contributed by atoms with Gasteiger partial charge in [-0.1, -0.05) is 36.4 Å².